The molecular weight excluding hydrogens is 170 g/mol. The molecule has 1 aliphatic rings. The van der Waals surface area contributed by atoms with Crippen molar-refractivity contribution in [3.8, 4) is 0 Å². The molecule has 14 heavy (non-hydrogen) atoms. The molecule has 0 aromatic carbocycles. The van der Waals surface area contributed by atoms with Crippen LogP contribution in [0.15, 0.2) is 18.3 Å². The SMILES string of the molecule is CC(C)CC1CCc2cccnc2C1. The van der Waals surface area contributed by atoms with Gasteiger partial charge in [-0.15, -0.1) is 0 Å². The average molecular weight is 189 g/mol. The van der Waals surface area contributed by atoms with Crippen LogP contribution in [-0.2, 0) is 12.8 Å². The number of hydrogen-bond acceptors (Lipinski definition) is 1. The first-order valence-electron chi connectivity index (χ1n) is 5.68. The summed E-state index contributed by atoms with van der Waals surface area (Å²) in [5.74, 6) is 1.70. The van der Waals surface area contributed by atoms with Crippen LogP contribution in [0, 0.1) is 11.8 Å². The van der Waals surface area contributed by atoms with Crippen LogP contribution in [0.4, 0.5) is 0 Å². The van der Waals surface area contributed by atoms with Crippen LogP contribution >= 0.6 is 0 Å². The monoisotopic (exact) mass is 189 g/mol. The summed E-state index contributed by atoms with van der Waals surface area (Å²) >= 11 is 0. The molecule has 1 nitrogen and oxygen atoms in total. The predicted molar refractivity (Wildman–Crippen MR) is 59.2 cm³/mol. The third-order valence-electron chi connectivity index (χ3n) is 3.09. The molecule has 1 atom stereocenters. The fourth-order valence-electron chi connectivity index (χ4n) is 2.49. The molecule has 1 aromatic rings. The lowest BCUT2D eigenvalue weighted by Crippen LogP contribution is -2.17. The zero-order valence-electron chi connectivity index (χ0n) is 9.16. The van der Waals surface area contributed by atoms with Crippen molar-refractivity contribution in [2.45, 2.75) is 39.5 Å². The summed E-state index contributed by atoms with van der Waals surface area (Å²) < 4.78 is 0. The smallest absolute Gasteiger partial charge is 0.0438 e. The molecule has 76 valence electrons. The Hall–Kier alpha value is -0.850. The van der Waals surface area contributed by atoms with Gasteiger partial charge < -0.3 is 0 Å². The predicted octanol–water partition coefficient (Wildman–Crippen LogP) is 3.23. The minimum absolute atomic E-state index is 0.824. The fraction of sp³-hybridized carbons (Fsp3) is 0.615. The Kier molecular flexibility index (Phi) is 2.85. The van der Waals surface area contributed by atoms with Gasteiger partial charge in [0.1, 0.15) is 0 Å². The van der Waals surface area contributed by atoms with E-state index in [2.05, 4.69) is 31.0 Å². The average Bonchev–Trinajstić information content (AvgIpc) is 2.17. The third kappa shape index (κ3) is 2.14. The number of pyridine rings is 1. The second-order valence-electron chi connectivity index (χ2n) is 4.85. The second-order valence-corrected chi connectivity index (χ2v) is 4.85. The van der Waals surface area contributed by atoms with Gasteiger partial charge in [-0.25, -0.2) is 0 Å². The van der Waals surface area contributed by atoms with Gasteiger partial charge in [-0.2, -0.15) is 0 Å². The zero-order valence-corrected chi connectivity index (χ0v) is 9.16. The zero-order chi connectivity index (χ0) is 9.97. The summed E-state index contributed by atoms with van der Waals surface area (Å²) in [6.07, 6.45) is 7.08. The second kappa shape index (κ2) is 4.12. The van der Waals surface area contributed by atoms with Crippen LogP contribution in [0.2, 0.25) is 0 Å². The molecule has 1 aliphatic carbocycles. The van der Waals surface area contributed by atoms with Gasteiger partial charge in [0.25, 0.3) is 0 Å². The molecule has 0 saturated carbocycles. The Morgan fingerprint density at radius 3 is 3.14 bits per heavy atom. The minimum Gasteiger partial charge on any atom is -0.261 e. The van der Waals surface area contributed by atoms with Crippen molar-refractivity contribution in [2.75, 3.05) is 0 Å². The maximum atomic E-state index is 4.48. The first kappa shape index (κ1) is 9.70. The number of nitrogens with zero attached hydrogens (tertiary/aromatic N) is 1. The van der Waals surface area contributed by atoms with E-state index in [1.165, 1.54) is 36.9 Å². The number of hydrogen-bond donors (Lipinski definition) is 0. The number of aromatic nitrogens is 1. The van der Waals surface area contributed by atoms with E-state index in [4.69, 9.17) is 0 Å². The maximum Gasteiger partial charge on any atom is 0.0438 e. The molecule has 1 heteroatoms. The topological polar surface area (TPSA) is 12.9 Å². The molecule has 0 amide bonds. The Labute approximate surface area is 86.6 Å². The highest BCUT2D eigenvalue weighted by atomic mass is 14.7. The minimum atomic E-state index is 0.824. The van der Waals surface area contributed by atoms with E-state index in [9.17, 15) is 0 Å². The normalized spacial score (nSPS) is 20.9. The molecular formula is C13H19N. The Morgan fingerprint density at radius 1 is 1.50 bits per heavy atom. The highest BCUT2D eigenvalue weighted by molar-refractivity contribution is 5.22. The molecule has 1 aromatic heterocycles. The molecule has 0 fully saturated rings. The van der Waals surface area contributed by atoms with Crippen LogP contribution < -0.4 is 0 Å². The first-order chi connectivity index (χ1) is 6.75. The van der Waals surface area contributed by atoms with E-state index in [1.807, 2.05) is 6.20 Å². The lowest BCUT2D eigenvalue weighted by atomic mass is 9.82. The number of aryl methyl sites for hydroxylation is 1. The van der Waals surface area contributed by atoms with Gasteiger partial charge in [0, 0.05) is 11.9 Å². The highest BCUT2D eigenvalue weighted by Crippen LogP contribution is 2.28. The molecule has 0 aliphatic heterocycles. The molecule has 0 N–H and O–H groups in total. The lowest BCUT2D eigenvalue weighted by molar-refractivity contribution is 0.366. The van der Waals surface area contributed by atoms with Crippen LogP contribution in [0.1, 0.15) is 37.9 Å². The molecule has 0 radical (unpaired) electrons. The summed E-state index contributed by atoms with van der Waals surface area (Å²) in [5.41, 5.74) is 2.83. The summed E-state index contributed by atoms with van der Waals surface area (Å²) in [6.45, 7) is 4.63. The molecule has 1 heterocycles. The van der Waals surface area contributed by atoms with E-state index in [0.29, 0.717) is 0 Å². The van der Waals surface area contributed by atoms with Crippen molar-refractivity contribution in [3.05, 3.63) is 29.6 Å². The van der Waals surface area contributed by atoms with Crippen molar-refractivity contribution >= 4 is 0 Å². The summed E-state index contributed by atoms with van der Waals surface area (Å²) in [5, 5.41) is 0. The van der Waals surface area contributed by atoms with Crippen molar-refractivity contribution in [2.24, 2.45) is 11.8 Å². The lowest BCUT2D eigenvalue weighted by Gasteiger charge is -2.24. The van der Waals surface area contributed by atoms with Crippen molar-refractivity contribution in [3.63, 3.8) is 0 Å². The van der Waals surface area contributed by atoms with Crippen molar-refractivity contribution in [1.29, 1.82) is 0 Å². The largest absolute Gasteiger partial charge is 0.261 e. The summed E-state index contributed by atoms with van der Waals surface area (Å²) in [6, 6.07) is 4.29. The van der Waals surface area contributed by atoms with Crippen molar-refractivity contribution < 1.29 is 0 Å². The Balaban J connectivity index is 2.06. The van der Waals surface area contributed by atoms with E-state index in [1.54, 1.807) is 0 Å². The molecule has 0 spiro atoms. The van der Waals surface area contributed by atoms with Crippen LogP contribution in [0.5, 0.6) is 0 Å². The Bertz CT molecular complexity index is 304. The molecule has 2 rings (SSSR count). The van der Waals surface area contributed by atoms with E-state index < -0.39 is 0 Å². The van der Waals surface area contributed by atoms with E-state index in [0.717, 1.165) is 11.8 Å². The van der Waals surface area contributed by atoms with Gasteiger partial charge in [0.05, 0.1) is 0 Å². The van der Waals surface area contributed by atoms with Crippen LogP contribution in [0.25, 0.3) is 0 Å². The Morgan fingerprint density at radius 2 is 2.36 bits per heavy atom. The number of rotatable bonds is 2. The summed E-state index contributed by atoms with van der Waals surface area (Å²) in [4.78, 5) is 4.48. The van der Waals surface area contributed by atoms with Gasteiger partial charge in [-0.05, 0) is 49.1 Å². The quantitative estimate of drug-likeness (QED) is 0.696. The van der Waals surface area contributed by atoms with E-state index >= 15 is 0 Å². The first-order valence-corrected chi connectivity index (χ1v) is 5.68. The van der Waals surface area contributed by atoms with E-state index in [-0.39, 0.29) is 0 Å². The highest BCUT2D eigenvalue weighted by Gasteiger charge is 2.19. The van der Waals surface area contributed by atoms with Gasteiger partial charge in [-0.3, -0.25) is 4.98 Å². The standard InChI is InChI=1S/C13H19N/c1-10(2)8-11-5-6-12-4-3-7-14-13(12)9-11/h3-4,7,10-11H,5-6,8-9H2,1-2H3. The van der Waals surface area contributed by atoms with Gasteiger partial charge in [-0.1, -0.05) is 19.9 Å². The summed E-state index contributed by atoms with van der Waals surface area (Å²) in [7, 11) is 0. The third-order valence-corrected chi connectivity index (χ3v) is 3.09. The van der Waals surface area contributed by atoms with Crippen molar-refractivity contribution in [1.82, 2.24) is 4.98 Å². The van der Waals surface area contributed by atoms with Crippen LogP contribution in [-0.4, -0.2) is 4.98 Å². The molecule has 1 unspecified atom stereocenters. The van der Waals surface area contributed by atoms with Gasteiger partial charge >= 0.3 is 0 Å². The van der Waals surface area contributed by atoms with Gasteiger partial charge in [0.2, 0.25) is 0 Å². The fourth-order valence-corrected chi connectivity index (χ4v) is 2.49. The van der Waals surface area contributed by atoms with Crippen LogP contribution in [0.3, 0.4) is 0 Å². The molecule has 0 saturated heterocycles. The molecule has 0 bridgehead atoms. The number of fused-ring (bicyclic) bond motifs is 1. The maximum absolute atomic E-state index is 4.48. The van der Waals surface area contributed by atoms with Gasteiger partial charge in [0.15, 0.2) is 0 Å².